The van der Waals surface area contributed by atoms with Crippen LogP contribution in [0.25, 0.3) is 0 Å². The van der Waals surface area contributed by atoms with Gasteiger partial charge < -0.3 is 0 Å². The fraction of sp³-hybridized carbons (Fsp3) is 0.333. The Morgan fingerprint density at radius 3 is 2.71 bits per heavy atom. The van der Waals surface area contributed by atoms with Crippen LogP contribution in [0.2, 0.25) is 0 Å². The van der Waals surface area contributed by atoms with Crippen molar-refractivity contribution in [3.63, 3.8) is 0 Å². The van der Waals surface area contributed by atoms with Crippen LogP contribution >= 0.6 is 0 Å². The maximum atomic E-state index is 13.9. The molecule has 0 saturated heterocycles. The molecule has 1 heterocycles. The monoisotopic (exact) mass is 290 g/mol. The topological polar surface area (TPSA) is 72.9 Å². The summed E-state index contributed by atoms with van der Waals surface area (Å²) in [5, 5.41) is 4.46. The number of nitrogens with one attached hydrogen (secondary N) is 1. The van der Waals surface area contributed by atoms with E-state index >= 15 is 0 Å². The van der Waals surface area contributed by atoms with Gasteiger partial charge in [0.1, 0.15) is 5.82 Å². The molecule has 1 aromatic carbocycles. The van der Waals surface area contributed by atoms with Crippen molar-refractivity contribution in [1.82, 2.24) is 15.2 Å². The highest BCUT2D eigenvalue weighted by atomic mass is 19.1. The molecule has 2 aromatic rings. The molecule has 0 bridgehead atoms. The van der Waals surface area contributed by atoms with Gasteiger partial charge >= 0.3 is 0 Å². The van der Waals surface area contributed by atoms with Crippen molar-refractivity contribution in [2.24, 2.45) is 5.84 Å². The van der Waals surface area contributed by atoms with Gasteiger partial charge in [-0.1, -0.05) is 13.8 Å². The molecule has 6 heteroatoms. The van der Waals surface area contributed by atoms with Crippen LogP contribution in [0.5, 0.6) is 0 Å². The Morgan fingerprint density at radius 1 is 1.33 bits per heavy atom. The summed E-state index contributed by atoms with van der Waals surface area (Å²) in [4.78, 5) is 11.5. The highest BCUT2D eigenvalue weighted by molar-refractivity contribution is 5.93. The number of carbonyl (C=O) groups excluding carboxylic acids is 1. The van der Waals surface area contributed by atoms with Crippen LogP contribution in [0, 0.1) is 5.82 Å². The van der Waals surface area contributed by atoms with E-state index in [2.05, 4.69) is 5.10 Å². The number of nitrogens with zero attached hydrogens (tertiary/aromatic N) is 2. The number of carbonyl (C=O) groups is 1. The highest BCUT2D eigenvalue weighted by Crippen LogP contribution is 2.15. The van der Waals surface area contributed by atoms with Gasteiger partial charge in [-0.15, -0.1) is 0 Å². The predicted molar refractivity (Wildman–Crippen MR) is 78.1 cm³/mol. The third-order valence-electron chi connectivity index (χ3n) is 3.40. The van der Waals surface area contributed by atoms with Crippen LogP contribution in [-0.4, -0.2) is 15.7 Å². The normalized spacial score (nSPS) is 10.7. The van der Waals surface area contributed by atoms with E-state index in [9.17, 15) is 9.18 Å². The van der Waals surface area contributed by atoms with Crippen LogP contribution in [0.4, 0.5) is 4.39 Å². The summed E-state index contributed by atoms with van der Waals surface area (Å²) < 4.78 is 15.7. The van der Waals surface area contributed by atoms with E-state index in [0.717, 1.165) is 24.2 Å². The van der Waals surface area contributed by atoms with Crippen LogP contribution in [0.1, 0.15) is 41.2 Å². The van der Waals surface area contributed by atoms with E-state index in [0.29, 0.717) is 17.7 Å². The molecule has 1 aromatic heterocycles. The number of rotatable bonds is 5. The van der Waals surface area contributed by atoms with Crippen LogP contribution in [0.3, 0.4) is 0 Å². The second kappa shape index (κ2) is 6.49. The van der Waals surface area contributed by atoms with Crippen molar-refractivity contribution >= 4 is 5.91 Å². The number of halogens is 1. The Balaban J connectivity index is 2.34. The van der Waals surface area contributed by atoms with Crippen LogP contribution < -0.4 is 11.3 Å². The average molecular weight is 290 g/mol. The lowest BCUT2D eigenvalue weighted by atomic mass is 10.1. The van der Waals surface area contributed by atoms with E-state index in [1.807, 2.05) is 25.3 Å². The number of amides is 1. The molecule has 5 nitrogen and oxygen atoms in total. The molecule has 0 aliphatic heterocycles. The molecular formula is C15H19FN4O. The lowest BCUT2D eigenvalue weighted by molar-refractivity contribution is 0.0953. The molecule has 0 aliphatic rings. The summed E-state index contributed by atoms with van der Waals surface area (Å²) in [6, 6.07) is 6.21. The van der Waals surface area contributed by atoms with Gasteiger partial charge in [0.15, 0.2) is 0 Å². The van der Waals surface area contributed by atoms with E-state index in [1.165, 1.54) is 18.2 Å². The predicted octanol–water partition coefficient (Wildman–Crippen LogP) is 1.80. The summed E-state index contributed by atoms with van der Waals surface area (Å²) in [6.45, 7) is 4.35. The fourth-order valence-electron chi connectivity index (χ4n) is 2.19. The number of benzene rings is 1. The second-order valence-electron chi connectivity index (χ2n) is 4.77. The number of aryl methyl sites for hydroxylation is 2. The van der Waals surface area contributed by atoms with E-state index in [4.69, 9.17) is 5.84 Å². The number of aromatic nitrogens is 2. The first-order valence-electron chi connectivity index (χ1n) is 6.94. The second-order valence-corrected chi connectivity index (χ2v) is 4.77. The Morgan fingerprint density at radius 2 is 2.10 bits per heavy atom. The molecule has 3 N–H and O–H groups in total. The van der Waals surface area contributed by atoms with Crippen molar-refractivity contribution in [3.05, 3.63) is 52.6 Å². The Kier molecular flexibility index (Phi) is 4.70. The smallest absolute Gasteiger partial charge is 0.265 e. The van der Waals surface area contributed by atoms with Gasteiger partial charge in [0, 0.05) is 16.8 Å². The highest BCUT2D eigenvalue weighted by Gasteiger charge is 2.12. The first kappa shape index (κ1) is 15.2. The molecule has 112 valence electrons. The maximum Gasteiger partial charge on any atom is 0.265 e. The summed E-state index contributed by atoms with van der Waals surface area (Å²) in [5.74, 6) is 4.30. The molecule has 2 rings (SSSR count). The molecule has 0 unspecified atom stereocenters. The summed E-state index contributed by atoms with van der Waals surface area (Å²) in [6.07, 6.45) is 1.65. The number of hydrogen-bond donors (Lipinski definition) is 2. The first-order valence-corrected chi connectivity index (χ1v) is 6.94. The van der Waals surface area contributed by atoms with Gasteiger partial charge in [0.25, 0.3) is 5.91 Å². The fourth-order valence-corrected chi connectivity index (χ4v) is 2.19. The quantitative estimate of drug-likeness (QED) is 0.501. The first-order chi connectivity index (χ1) is 10.1. The van der Waals surface area contributed by atoms with E-state index < -0.39 is 5.91 Å². The summed E-state index contributed by atoms with van der Waals surface area (Å²) in [5.41, 5.74) is 4.80. The zero-order chi connectivity index (χ0) is 15.4. The minimum absolute atomic E-state index is 0.292. The number of hydrogen-bond acceptors (Lipinski definition) is 3. The van der Waals surface area contributed by atoms with Gasteiger partial charge in [-0.05, 0) is 37.1 Å². The minimum Gasteiger partial charge on any atom is -0.290 e. The van der Waals surface area contributed by atoms with E-state index in [-0.39, 0.29) is 5.82 Å². The van der Waals surface area contributed by atoms with Crippen molar-refractivity contribution in [3.8, 4) is 0 Å². The molecule has 21 heavy (non-hydrogen) atoms. The third-order valence-corrected chi connectivity index (χ3v) is 3.40. The molecule has 0 saturated carbocycles. The molecule has 0 atom stereocenters. The molecular weight excluding hydrogens is 271 g/mol. The SMILES string of the molecule is CCc1cc(CC)n(Cc2cc(C(=O)NN)ccc2F)n1. The average Bonchev–Trinajstić information content (AvgIpc) is 2.90. The maximum absolute atomic E-state index is 13.9. The Labute approximate surface area is 122 Å². The molecule has 0 fully saturated rings. The minimum atomic E-state index is -0.443. The standard InChI is InChI=1S/C15H19FN4O/c1-3-12-8-13(4-2)20(19-12)9-11-7-10(15(21)18-17)5-6-14(11)16/h5-8H,3-4,9,17H2,1-2H3,(H,18,21). The third kappa shape index (κ3) is 3.28. The van der Waals surface area contributed by atoms with Gasteiger partial charge in [0.2, 0.25) is 0 Å². The lowest BCUT2D eigenvalue weighted by Gasteiger charge is -2.09. The molecule has 0 aliphatic carbocycles. The van der Waals surface area contributed by atoms with Crippen molar-refractivity contribution in [2.75, 3.05) is 0 Å². The Bertz CT molecular complexity index is 651. The number of hydrazine groups is 1. The van der Waals surface area contributed by atoms with Crippen molar-refractivity contribution in [2.45, 2.75) is 33.2 Å². The van der Waals surface area contributed by atoms with Crippen LogP contribution in [-0.2, 0) is 19.4 Å². The summed E-state index contributed by atoms with van der Waals surface area (Å²) in [7, 11) is 0. The molecule has 0 spiro atoms. The van der Waals surface area contributed by atoms with Gasteiger partial charge in [-0.25, -0.2) is 10.2 Å². The Hall–Kier alpha value is -2.21. The van der Waals surface area contributed by atoms with Gasteiger partial charge in [-0.3, -0.25) is 14.9 Å². The number of nitrogen functional groups attached to an aromatic ring is 1. The molecule has 1 amide bonds. The number of nitrogens with two attached hydrogens (primary N) is 1. The van der Waals surface area contributed by atoms with Crippen molar-refractivity contribution < 1.29 is 9.18 Å². The van der Waals surface area contributed by atoms with Crippen molar-refractivity contribution in [1.29, 1.82) is 0 Å². The zero-order valence-corrected chi connectivity index (χ0v) is 12.2. The van der Waals surface area contributed by atoms with Gasteiger partial charge in [0.05, 0.1) is 12.2 Å². The summed E-state index contributed by atoms with van der Waals surface area (Å²) >= 11 is 0. The molecule has 0 radical (unpaired) electrons. The van der Waals surface area contributed by atoms with E-state index in [1.54, 1.807) is 4.68 Å². The zero-order valence-electron chi connectivity index (χ0n) is 12.2. The largest absolute Gasteiger partial charge is 0.290 e. The lowest BCUT2D eigenvalue weighted by Crippen LogP contribution is -2.30. The van der Waals surface area contributed by atoms with Gasteiger partial charge in [-0.2, -0.15) is 5.10 Å². The van der Waals surface area contributed by atoms with Crippen LogP contribution in [0.15, 0.2) is 24.3 Å².